The molecular weight excluding hydrogens is 240 g/mol. The van der Waals surface area contributed by atoms with Gasteiger partial charge in [-0.2, -0.15) is 0 Å². The Kier molecular flexibility index (Phi) is 3.35. The minimum atomic E-state index is 0.281. The van der Waals surface area contributed by atoms with Crippen molar-refractivity contribution in [3.63, 3.8) is 0 Å². The lowest BCUT2D eigenvalue weighted by atomic mass is 10.0. The van der Waals surface area contributed by atoms with Gasteiger partial charge in [-0.3, -0.25) is 4.79 Å². The molecule has 0 bridgehead atoms. The first-order valence-corrected chi connectivity index (χ1v) is 5.24. The van der Waals surface area contributed by atoms with E-state index in [0.29, 0.717) is 16.1 Å². The van der Waals surface area contributed by atoms with E-state index in [1.165, 1.54) is 7.11 Å². The quantitative estimate of drug-likeness (QED) is 0.784. The van der Waals surface area contributed by atoms with E-state index in [9.17, 15) is 4.79 Å². The molecule has 2 aromatic rings. The Bertz CT molecular complexity index is 541. The van der Waals surface area contributed by atoms with Gasteiger partial charge in [0.25, 0.3) is 0 Å². The maximum absolute atomic E-state index is 11.0. The second-order valence-corrected chi connectivity index (χ2v) is 3.68. The van der Waals surface area contributed by atoms with Crippen molar-refractivity contribution in [2.75, 3.05) is 7.11 Å². The molecule has 2 rings (SSSR count). The average molecular weight is 249 g/mol. The molecule has 17 heavy (non-hydrogen) atoms. The number of carbonyl (C=O) groups is 1. The molecule has 0 N–H and O–H groups in total. The van der Waals surface area contributed by atoms with Crippen molar-refractivity contribution in [3.8, 4) is 17.1 Å². The molecule has 1 aromatic carbocycles. The Morgan fingerprint density at radius 2 is 2.00 bits per heavy atom. The largest absolute Gasteiger partial charge is 0.467 e. The van der Waals surface area contributed by atoms with Crippen LogP contribution in [0, 0.1) is 0 Å². The van der Waals surface area contributed by atoms with E-state index >= 15 is 0 Å². The van der Waals surface area contributed by atoms with Gasteiger partial charge in [0, 0.05) is 23.5 Å². The van der Waals surface area contributed by atoms with Crippen LogP contribution in [-0.2, 0) is 0 Å². The number of ether oxygens (including phenoxy) is 1. The number of aldehydes is 1. The fourth-order valence-corrected chi connectivity index (χ4v) is 1.69. The number of hydrogen-bond donors (Lipinski definition) is 0. The van der Waals surface area contributed by atoms with Gasteiger partial charge in [-0.1, -0.05) is 23.7 Å². The van der Waals surface area contributed by atoms with Crippen LogP contribution in [0.4, 0.5) is 0 Å². The molecule has 0 fully saturated rings. The van der Waals surface area contributed by atoms with E-state index in [0.717, 1.165) is 11.8 Å². The third kappa shape index (κ3) is 2.26. The van der Waals surface area contributed by atoms with Crippen molar-refractivity contribution in [1.82, 2.24) is 9.97 Å². The molecule has 0 atom stereocenters. The Morgan fingerprint density at radius 1 is 1.29 bits per heavy atom. The highest BCUT2D eigenvalue weighted by Gasteiger charge is 2.09. The molecule has 0 aliphatic rings. The summed E-state index contributed by atoms with van der Waals surface area (Å²) in [6.07, 6.45) is 3.90. The Labute approximate surface area is 103 Å². The zero-order valence-electron chi connectivity index (χ0n) is 9.05. The molecule has 0 spiro atoms. The third-order valence-corrected chi connectivity index (χ3v) is 2.62. The third-order valence-electron chi connectivity index (χ3n) is 2.29. The lowest BCUT2D eigenvalue weighted by Gasteiger charge is -2.06. The van der Waals surface area contributed by atoms with Gasteiger partial charge in [-0.15, -0.1) is 0 Å². The summed E-state index contributed by atoms with van der Waals surface area (Å²) in [4.78, 5) is 19.0. The van der Waals surface area contributed by atoms with E-state index in [1.807, 2.05) is 0 Å². The number of aromatic nitrogens is 2. The summed E-state index contributed by atoms with van der Waals surface area (Å²) in [5, 5.41) is 0.410. The number of methoxy groups -OCH3 is 1. The molecule has 0 unspecified atom stereocenters. The molecule has 5 heteroatoms. The fourth-order valence-electron chi connectivity index (χ4n) is 1.47. The normalized spacial score (nSPS) is 10.0. The number of benzene rings is 1. The summed E-state index contributed by atoms with van der Waals surface area (Å²) in [5.74, 6) is 0. The molecule has 0 saturated heterocycles. The van der Waals surface area contributed by atoms with Crippen LogP contribution in [0.1, 0.15) is 10.4 Å². The molecule has 1 aromatic heterocycles. The maximum Gasteiger partial charge on any atom is 0.316 e. The second kappa shape index (κ2) is 4.93. The predicted molar refractivity (Wildman–Crippen MR) is 64.4 cm³/mol. The van der Waals surface area contributed by atoms with Crippen molar-refractivity contribution < 1.29 is 9.53 Å². The molecular formula is C12H9ClN2O2. The van der Waals surface area contributed by atoms with Crippen molar-refractivity contribution in [2.24, 2.45) is 0 Å². The summed E-state index contributed by atoms with van der Waals surface area (Å²) >= 11 is 5.94. The van der Waals surface area contributed by atoms with Gasteiger partial charge in [0.2, 0.25) is 0 Å². The van der Waals surface area contributed by atoms with Crippen LogP contribution in [0.15, 0.2) is 30.6 Å². The zero-order valence-corrected chi connectivity index (χ0v) is 9.81. The van der Waals surface area contributed by atoms with Gasteiger partial charge in [-0.05, 0) is 11.6 Å². The Morgan fingerprint density at radius 3 is 2.59 bits per heavy atom. The number of halogens is 1. The van der Waals surface area contributed by atoms with E-state index < -0.39 is 0 Å². The summed E-state index contributed by atoms with van der Waals surface area (Å²) in [5.41, 5.74) is 1.86. The molecule has 0 saturated carbocycles. The van der Waals surface area contributed by atoms with Gasteiger partial charge in [0.1, 0.15) is 0 Å². The Hall–Kier alpha value is -1.94. The second-order valence-electron chi connectivity index (χ2n) is 3.28. The molecule has 0 aliphatic heterocycles. The summed E-state index contributed by atoms with van der Waals surface area (Å²) < 4.78 is 4.87. The van der Waals surface area contributed by atoms with Crippen LogP contribution < -0.4 is 4.74 Å². The first-order valence-electron chi connectivity index (χ1n) is 4.86. The molecule has 1 heterocycles. The van der Waals surface area contributed by atoms with Crippen molar-refractivity contribution in [3.05, 3.63) is 41.2 Å². The van der Waals surface area contributed by atoms with Crippen LogP contribution in [-0.4, -0.2) is 23.4 Å². The molecule has 0 amide bonds. The van der Waals surface area contributed by atoms with Gasteiger partial charge < -0.3 is 4.74 Å². The first kappa shape index (κ1) is 11.5. The molecule has 4 nitrogen and oxygen atoms in total. The summed E-state index contributed by atoms with van der Waals surface area (Å²) in [6, 6.07) is 5.51. The zero-order chi connectivity index (χ0) is 12.3. The topological polar surface area (TPSA) is 52.1 Å². The maximum atomic E-state index is 11.0. The van der Waals surface area contributed by atoms with Crippen LogP contribution in [0.5, 0.6) is 6.01 Å². The number of hydrogen-bond acceptors (Lipinski definition) is 4. The SMILES string of the molecule is COc1ncc(-c2cccc(Cl)c2C=O)cn1. The van der Waals surface area contributed by atoms with Crippen molar-refractivity contribution in [2.45, 2.75) is 0 Å². The number of carbonyl (C=O) groups excluding carboxylic acids is 1. The van der Waals surface area contributed by atoms with Crippen LogP contribution in [0.25, 0.3) is 11.1 Å². The molecule has 86 valence electrons. The lowest BCUT2D eigenvalue weighted by molar-refractivity contribution is 0.112. The predicted octanol–water partition coefficient (Wildman–Crippen LogP) is 2.62. The summed E-state index contributed by atoms with van der Waals surface area (Å²) in [6.45, 7) is 0. The fraction of sp³-hybridized carbons (Fsp3) is 0.0833. The van der Waals surface area contributed by atoms with Gasteiger partial charge in [0.05, 0.1) is 12.1 Å². The van der Waals surface area contributed by atoms with Gasteiger partial charge in [-0.25, -0.2) is 9.97 Å². The number of rotatable bonds is 3. The van der Waals surface area contributed by atoms with E-state index in [4.69, 9.17) is 16.3 Å². The van der Waals surface area contributed by atoms with Gasteiger partial charge in [0.15, 0.2) is 6.29 Å². The summed E-state index contributed by atoms with van der Waals surface area (Å²) in [7, 11) is 1.49. The molecule has 0 aliphatic carbocycles. The van der Waals surface area contributed by atoms with E-state index in [2.05, 4.69) is 9.97 Å². The first-order chi connectivity index (χ1) is 8.26. The minimum absolute atomic E-state index is 0.281. The van der Waals surface area contributed by atoms with E-state index in [-0.39, 0.29) is 6.01 Å². The highest BCUT2D eigenvalue weighted by molar-refractivity contribution is 6.33. The standard InChI is InChI=1S/C12H9ClN2O2/c1-17-12-14-5-8(6-15-12)9-3-2-4-11(13)10(9)7-16/h2-7H,1H3. The van der Waals surface area contributed by atoms with E-state index in [1.54, 1.807) is 30.6 Å². The Balaban J connectivity index is 2.52. The molecule has 0 radical (unpaired) electrons. The van der Waals surface area contributed by atoms with Crippen LogP contribution >= 0.6 is 11.6 Å². The highest BCUT2D eigenvalue weighted by atomic mass is 35.5. The van der Waals surface area contributed by atoms with Crippen LogP contribution in [0.3, 0.4) is 0 Å². The van der Waals surface area contributed by atoms with Crippen molar-refractivity contribution in [1.29, 1.82) is 0 Å². The average Bonchev–Trinajstić information content (AvgIpc) is 2.38. The minimum Gasteiger partial charge on any atom is -0.467 e. The lowest BCUT2D eigenvalue weighted by Crippen LogP contribution is -1.94. The van der Waals surface area contributed by atoms with Gasteiger partial charge >= 0.3 is 6.01 Å². The highest BCUT2D eigenvalue weighted by Crippen LogP contribution is 2.27. The van der Waals surface area contributed by atoms with Crippen LogP contribution in [0.2, 0.25) is 5.02 Å². The number of nitrogens with zero attached hydrogens (tertiary/aromatic N) is 2. The van der Waals surface area contributed by atoms with Crippen molar-refractivity contribution >= 4 is 17.9 Å². The monoisotopic (exact) mass is 248 g/mol. The smallest absolute Gasteiger partial charge is 0.316 e.